The van der Waals surface area contributed by atoms with Gasteiger partial charge in [-0.1, -0.05) is 20.8 Å². The van der Waals surface area contributed by atoms with Crippen LogP contribution in [-0.2, 0) is 0 Å². The summed E-state index contributed by atoms with van der Waals surface area (Å²) in [5, 5.41) is 8.98. The Morgan fingerprint density at radius 1 is 1.08 bits per heavy atom. The van der Waals surface area contributed by atoms with Gasteiger partial charge in [0, 0.05) is 6.61 Å². The third-order valence-electron chi connectivity index (χ3n) is 3.33. The molecule has 1 aliphatic rings. The predicted octanol–water partition coefficient (Wildman–Crippen LogP) is 2.83. The van der Waals surface area contributed by atoms with E-state index in [0.717, 1.165) is 5.92 Å². The fourth-order valence-corrected chi connectivity index (χ4v) is 2.21. The molecule has 0 radical (unpaired) electrons. The lowest BCUT2D eigenvalue weighted by Crippen LogP contribution is -2.26. The molecule has 1 heteroatoms. The molecule has 0 bridgehead atoms. The third-order valence-corrected chi connectivity index (χ3v) is 3.33. The van der Waals surface area contributed by atoms with Crippen LogP contribution in [0.1, 0.15) is 46.5 Å². The zero-order valence-corrected chi connectivity index (χ0v) is 8.64. The maximum Gasteiger partial charge on any atom is 0.0459 e. The monoisotopic (exact) mass is 170 g/mol. The maximum atomic E-state index is 8.98. The minimum Gasteiger partial charge on any atom is -0.396 e. The molecule has 1 rings (SSSR count). The van der Waals surface area contributed by atoms with Crippen molar-refractivity contribution in [1.82, 2.24) is 0 Å². The lowest BCUT2D eigenvalue weighted by atomic mass is 9.70. The van der Waals surface area contributed by atoms with Crippen LogP contribution in [0, 0.1) is 17.3 Å². The normalized spacial score (nSPS) is 32.0. The second-order valence-corrected chi connectivity index (χ2v) is 5.27. The van der Waals surface area contributed by atoms with Crippen molar-refractivity contribution in [3.8, 4) is 0 Å². The van der Waals surface area contributed by atoms with Crippen LogP contribution in [0.15, 0.2) is 0 Å². The van der Waals surface area contributed by atoms with Crippen LogP contribution in [0.4, 0.5) is 0 Å². The summed E-state index contributed by atoms with van der Waals surface area (Å²) in [5.41, 5.74) is 0.473. The second-order valence-electron chi connectivity index (χ2n) is 5.27. The Balaban J connectivity index is 2.36. The maximum absolute atomic E-state index is 8.98. The van der Waals surface area contributed by atoms with Gasteiger partial charge in [-0.25, -0.2) is 0 Å². The first-order valence-electron chi connectivity index (χ1n) is 5.15. The molecule has 1 nitrogen and oxygen atoms in total. The zero-order chi connectivity index (χ0) is 9.19. The smallest absolute Gasteiger partial charge is 0.0459 e. The number of aliphatic hydroxyl groups is 1. The highest BCUT2D eigenvalue weighted by Crippen LogP contribution is 2.39. The van der Waals surface area contributed by atoms with Crippen LogP contribution in [0.25, 0.3) is 0 Å². The van der Waals surface area contributed by atoms with Crippen molar-refractivity contribution in [2.24, 2.45) is 17.3 Å². The van der Waals surface area contributed by atoms with Gasteiger partial charge in [-0.15, -0.1) is 0 Å². The summed E-state index contributed by atoms with van der Waals surface area (Å²) >= 11 is 0. The molecule has 0 heterocycles. The Morgan fingerprint density at radius 3 is 1.92 bits per heavy atom. The van der Waals surface area contributed by atoms with E-state index < -0.39 is 0 Å². The van der Waals surface area contributed by atoms with Crippen molar-refractivity contribution >= 4 is 0 Å². The van der Waals surface area contributed by atoms with E-state index in [1.165, 1.54) is 25.7 Å². The SMILES string of the molecule is CC(C)(C)[C@H]1CC[C@@H](CO)CC1. The third kappa shape index (κ3) is 2.48. The molecule has 0 saturated heterocycles. The summed E-state index contributed by atoms with van der Waals surface area (Å²) < 4.78 is 0. The topological polar surface area (TPSA) is 20.2 Å². The largest absolute Gasteiger partial charge is 0.396 e. The molecule has 0 aromatic carbocycles. The Bertz CT molecular complexity index is 126. The Morgan fingerprint density at radius 2 is 1.58 bits per heavy atom. The van der Waals surface area contributed by atoms with E-state index in [4.69, 9.17) is 5.11 Å². The van der Waals surface area contributed by atoms with Crippen LogP contribution in [0.3, 0.4) is 0 Å². The summed E-state index contributed by atoms with van der Waals surface area (Å²) in [5.74, 6) is 1.48. The molecule has 0 unspecified atom stereocenters. The Hall–Kier alpha value is -0.0400. The fourth-order valence-electron chi connectivity index (χ4n) is 2.21. The predicted molar refractivity (Wildman–Crippen MR) is 52.0 cm³/mol. The molecule has 12 heavy (non-hydrogen) atoms. The highest BCUT2D eigenvalue weighted by atomic mass is 16.3. The summed E-state index contributed by atoms with van der Waals surface area (Å²) in [4.78, 5) is 0. The van der Waals surface area contributed by atoms with E-state index in [9.17, 15) is 0 Å². The number of rotatable bonds is 1. The molecule has 1 fully saturated rings. The highest BCUT2D eigenvalue weighted by Gasteiger charge is 2.29. The van der Waals surface area contributed by atoms with Gasteiger partial charge in [-0.3, -0.25) is 0 Å². The van der Waals surface area contributed by atoms with Crippen molar-refractivity contribution in [3.05, 3.63) is 0 Å². The molecule has 0 aliphatic heterocycles. The van der Waals surface area contributed by atoms with E-state index in [1.807, 2.05) is 0 Å². The van der Waals surface area contributed by atoms with E-state index in [1.54, 1.807) is 0 Å². The van der Waals surface area contributed by atoms with E-state index in [2.05, 4.69) is 20.8 Å². The minimum atomic E-state index is 0.400. The first-order valence-corrected chi connectivity index (χ1v) is 5.15. The molecule has 0 spiro atoms. The van der Waals surface area contributed by atoms with Crippen LogP contribution in [0.2, 0.25) is 0 Å². The molecule has 1 N–H and O–H groups in total. The molecular formula is C11H22O. The van der Waals surface area contributed by atoms with E-state index >= 15 is 0 Å². The average Bonchev–Trinajstić information content (AvgIpc) is 2.03. The summed E-state index contributed by atoms with van der Waals surface area (Å²) in [6.45, 7) is 7.39. The van der Waals surface area contributed by atoms with E-state index in [-0.39, 0.29) is 0 Å². The van der Waals surface area contributed by atoms with Gasteiger partial charge in [-0.2, -0.15) is 0 Å². The molecule has 1 aliphatic carbocycles. The van der Waals surface area contributed by atoms with Gasteiger partial charge in [0.25, 0.3) is 0 Å². The van der Waals surface area contributed by atoms with Crippen LogP contribution in [0.5, 0.6) is 0 Å². The molecule has 0 atom stereocenters. The highest BCUT2D eigenvalue weighted by molar-refractivity contribution is 4.80. The van der Waals surface area contributed by atoms with Gasteiger partial charge in [0.1, 0.15) is 0 Å². The molecule has 1 saturated carbocycles. The van der Waals surface area contributed by atoms with Gasteiger partial charge in [-0.05, 0) is 42.9 Å². The second kappa shape index (κ2) is 3.78. The van der Waals surface area contributed by atoms with Crippen molar-refractivity contribution < 1.29 is 5.11 Å². The fraction of sp³-hybridized carbons (Fsp3) is 1.00. The van der Waals surface area contributed by atoms with Gasteiger partial charge in [0.05, 0.1) is 0 Å². The molecular weight excluding hydrogens is 148 g/mol. The molecule has 72 valence electrons. The van der Waals surface area contributed by atoms with Gasteiger partial charge < -0.3 is 5.11 Å². The number of hydrogen-bond donors (Lipinski definition) is 1. The minimum absolute atomic E-state index is 0.400. The van der Waals surface area contributed by atoms with Crippen molar-refractivity contribution in [1.29, 1.82) is 0 Å². The lowest BCUT2D eigenvalue weighted by molar-refractivity contribution is 0.114. The van der Waals surface area contributed by atoms with Gasteiger partial charge >= 0.3 is 0 Å². The summed E-state index contributed by atoms with van der Waals surface area (Å²) in [6, 6.07) is 0. The van der Waals surface area contributed by atoms with Crippen molar-refractivity contribution in [3.63, 3.8) is 0 Å². The average molecular weight is 170 g/mol. The van der Waals surface area contributed by atoms with Crippen LogP contribution >= 0.6 is 0 Å². The first-order chi connectivity index (χ1) is 5.54. The van der Waals surface area contributed by atoms with E-state index in [0.29, 0.717) is 17.9 Å². The van der Waals surface area contributed by atoms with Crippen molar-refractivity contribution in [2.75, 3.05) is 6.61 Å². The molecule has 0 aromatic rings. The van der Waals surface area contributed by atoms with Crippen LogP contribution < -0.4 is 0 Å². The Kier molecular flexibility index (Phi) is 3.16. The number of hydrogen-bond acceptors (Lipinski definition) is 1. The standard InChI is InChI=1S/C11H22O/c1-11(2,3)10-6-4-9(8-12)5-7-10/h9-10,12H,4-8H2,1-3H3/t9-,10+. The summed E-state index contributed by atoms with van der Waals surface area (Å²) in [7, 11) is 0. The lowest BCUT2D eigenvalue weighted by Gasteiger charge is -2.36. The molecule has 0 amide bonds. The van der Waals surface area contributed by atoms with Gasteiger partial charge in [0.2, 0.25) is 0 Å². The number of aliphatic hydroxyl groups excluding tert-OH is 1. The van der Waals surface area contributed by atoms with Crippen molar-refractivity contribution in [2.45, 2.75) is 46.5 Å². The quantitative estimate of drug-likeness (QED) is 0.641. The zero-order valence-electron chi connectivity index (χ0n) is 8.64. The molecule has 0 aromatic heterocycles. The van der Waals surface area contributed by atoms with Crippen LogP contribution in [-0.4, -0.2) is 11.7 Å². The Labute approximate surface area is 76.2 Å². The summed E-state index contributed by atoms with van der Waals surface area (Å²) in [6.07, 6.45) is 5.10. The van der Waals surface area contributed by atoms with Gasteiger partial charge in [0.15, 0.2) is 0 Å². The first kappa shape index (κ1) is 10.0.